The minimum atomic E-state index is -0.831. The average Bonchev–Trinajstić information content (AvgIpc) is 0.860. The minimum absolute atomic E-state index is 0. The van der Waals surface area contributed by atoms with E-state index in [0.29, 0.717) is 100 Å². The molecule has 6 aliphatic carbocycles. The van der Waals surface area contributed by atoms with Gasteiger partial charge >= 0.3 is 78.3 Å². The summed E-state index contributed by atoms with van der Waals surface area (Å²) < 4.78 is 21.7. The van der Waals surface area contributed by atoms with Gasteiger partial charge in [-0.25, -0.2) is 0 Å². The van der Waals surface area contributed by atoms with Crippen molar-refractivity contribution in [1.82, 2.24) is 30.6 Å². The molecule has 599 valence electrons. The van der Waals surface area contributed by atoms with Crippen molar-refractivity contribution in [2.75, 3.05) is 47.4 Å². The number of aliphatic hydroxyl groups is 4. The zero-order valence-corrected chi connectivity index (χ0v) is 73.6. The third-order valence-electron chi connectivity index (χ3n) is 24.1. The Morgan fingerprint density at radius 2 is 1.07 bits per heavy atom. The molecule has 14 rings (SSSR count). The van der Waals surface area contributed by atoms with Gasteiger partial charge in [-0.3, -0.25) is 33.8 Å². The van der Waals surface area contributed by atoms with Crippen molar-refractivity contribution in [2.24, 2.45) is 81.7 Å². The maximum Gasteiger partial charge on any atom is 1.00 e. The first-order chi connectivity index (χ1) is 50.8. The van der Waals surface area contributed by atoms with Gasteiger partial charge in [0.15, 0.2) is 29.3 Å². The summed E-state index contributed by atoms with van der Waals surface area (Å²) in [5, 5.41) is 57.6. The monoisotopic (exact) mass is 1540 g/mol. The number of hydrogen-bond acceptors (Lipinski definition) is 20. The number of nitrogens with two attached hydrogens (primary N) is 1. The second-order valence-corrected chi connectivity index (χ2v) is 34.3. The number of likely N-dealkylation sites (N-methyl/N-ethyl adjacent to an activating group) is 1. The molecule has 26 heteroatoms. The molecule has 3 radical (unpaired) electrons. The van der Waals surface area contributed by atoms with Crippen LogP contribution >= 0.6 is 0 Å². The quantitative estimate of drug-likeness (QED) is 0.0281. The van der Waals surface area contributed by atoms with E-state index in [1.165, 1.54) is 19.9 Å². The number of aliphatic hydroxyl groups excluding tert-OH is 4. The van der Waals surface area contributed by atoms with Crippen molar-refractivity contribution in [3.63, 3.8) is 0 Å². The Kier molecular flexibility index (Phi) is 38.8. The third-order valence-corrected chi connectivity index (χ3v) is 24.1. The van der Waals surface area contributed by atoms with E-state index in [-0.39, 0.29) is 128 Å². The van der Waals surface area contributed by atoms with Gasteiger partial charge in [0.25, 0.3) is 0 Å². The number of ether oxygens (including phenoxy) is 4. The second-order valence-electron chi connectivity index (χ2n) is 34.3. The molecule has 17 atom stereocenters. The van der Waals surface area contributed by atoms with Crippen LogP contribution in [0.25, 0.3) is 0 Å². The molecular weight excluding hydrogens is 1410 g/mol. The van der Waals surface area contributed by atoms with Gasteiger partial charge in [-0.1, -0.05) is 144 Å². The molecule has 8 fully saturated rings. The van der Waals surface area contributed by atoms with E-state index in [1.54, 1.807) is 67.2 Å². The summed E-state index contributed by atoms with van der Waals surface area (Å²) in [7, 11) is 5.51. The van der Waals surface area contributed by atoms with Crippen LogP contribution in [0.5, 0.6) is 23.0 Å². The zero-order valence-electron chi connectivity index (χ0n) is 71.6. The predicted octanol–water partition coefficient (Wildman–Crippen LogP) is 5.20. The van der Waals surface area contributed by atoms with Crippen molar-refractivity contribution < 1.29 is 130 Å². The Morgan fingerprint density at radius 3 is 1.50 bits per heavy atom. The number of hydroxylamine groups is 4. The van der Waals surface area contributed by atoms with Gasteiger partial charge in [0.1, 0.15) is 30.6 Å². The molecule has 4 aromatic rings. The fourth-order valence-corrected chi connectivity index (χ4v) is 18.5. The fourth-order valence-electron chi connectivity index (χ4n) is 18.5. The summed E-state index contributed by atoms with van der Waals surface area (Å²) in [4.78, 5) is 66.4. The molecule has 4 heterocycles. The van der Waals surface area contributed by atoms with Gasteiger partial charge in [0.2, 0.25) is 25.4 Å². The minimum Gasteiger partial charge on any atom is -1.00 e. The number of nitrogens with zero attached hydrogens (tertiary/aromatic N) is 4. The molecule has 4 bridgehead atoms. The van der Waals surface area contributed by atoms with Crippen LogP contribution in [-0.2, 0) is 45.4 Å². The molecule has 110 heavy (non-hydrogen) atoms. The standard InChI is InChI=1S/C41H62N4O6.C25H36N2O5.C9H21N.C8H6O3.CH4BN.B.2Na.2H/c1-25(2)15-32(22-43(7)8)44(21-30-13-10-14-35-39(30)50-24-49-35)19-28-11-9-12-29(16-28)20-45-38(37(27(4)47)36(23-46)51-45)40(48)42-34-18-31-17-33(26(34)3)41(31,5)6;1-14-19-9-18(25(19,3)4)10-20(14)26-24(31)23-22(15(2)30)21(13-29)32-27(23)11-16-6-5-7-17(8-16)12-28;1-7(2)5-9(10)6-8(3)4;9-4-6-2-1-3-7-8(6)11-5-10-7;1-2-3;;;;;/h9-14,16,25-27,31-34,36-38,46-47H,15,17-24H2,1-8H3,(H,42,48);5-8,12,14-15,18-23,29-30H,9-11,13H2,1-4H3,(H,26,31);7-9H,5-6,10H2,1-4H3;1-4H,5H2;3H,1H3;;;;;/q;;;;;;2*+1;2*-1/t26-,27-,31+,32-,33-,34-,36-,37+,38-;14-,15-,18+,19-,20-,21-,22+,23-;;;;;;;;/m00......../s1. The van der Waals surface area contributed by atoms with Crippen LogP contribution in [0.15, 0.2) is 84.9 Å². The van der Waals surface area contributed by atoms with Gasteiger partial charge in [-0.15, -0.1) is 0 Å². The van der Waals surface area contributed by atoms with Gasteiger partial charge in [-0.2, -0.15) is 10.1 Å². The predicted molar refractivity (Wildman–Crippen MR) is 424 cm³/mol. The first-order valence-electron chi connectivity index (χ1n) is 39.3. The number of benzene rings is 4. The smallest absolute Gasteiger partial charge is 1.00 e. The summed E-state index contributed by atoms with van der Waals surface area (Å²) in [5.74, 6) is 6.63. The summed E-state index contributed by atoms with van der Waals surface area (Å²) in [6, 6.07) is 26.4. The van der Waals surface area contributed by atoms with E-state index in [4.69, 9.17) is 39.7 Å². The maximum atomic E-state index is 14.2. The summed E-state index contributed by atoms with van der Waals surface area (Å²) >= 11 is 0. The van der Waals surface area contributed by atoms with E-state index in [2.05, 4.69) is 148 Å². The third kappa shape index (κ3) is 24.5. The van der Waals surface area contributed by atoms with Crippen LogP contribution in [0.3, 0.4) is 0 Å². The Bertz CT molecular complexity index is 3540. The molecule has 4 aliphatic heterocycles. The van der Waals surface area contributed by atoms with Crippen LogP contribution in [-0.4, -0.2) is 188 Å². The van der Waals surface area contributed by atoms with E-state index >= 15 is 0 Å². The molecule has 10 aliphatic rings. The second kappa shape index (κ2) is 44.3. The van der Waals surface area contributed by atoms with Crippen molar-refractivity contribution >= 4 is 39.9 Å². The maximum absolute atomic E-state index is 14.2. The summed E-state index contributed by atoms with van der Waals surface area (Å²) in [6.07, 6.45) is 6.32. The van der Waals surface area contributed by atoms with Crippen molar-refractivity contribution in [3.8, 4) is 23.0 Å². The first kappa shape index (κ1) is 96.4. The molecule has 4 aromatic carbocycles. The van der Waals surface area contributed by atoms with Crippen LogP contribution in [0.2, 0.25) is 6.82 Å². The normalized spacial score (nSPS) is 26.8. The first-order valence-corrected chi connectivity index (χ1v) is 39.3. The molecule has 6 saturated carbocycles. The molecule has 0 aromatic heterocycles. The Hall–Kier alpha value is -4.15. The number of para-hydroxylation sites is 2. The SMILES string of the molecule is CB=N.CC(C)CC(N)CC(C)C.CC(C)C[C@@H](CN(C)C)N(Cc1cccc(CN2O[C@@H](CO)[C@@H]([C@H](C)O)[C@H]2C(=O)N[C@H]2C[C@H]3C[C@@H]([C@@H]2C)C3(C)C)c1)Cc1cccc2c1OCO2.C[C@@H]1[C@@H](NC(=O)[C@@H]2[C@H]([C@H](C)O)[C@H](CO)ON2Cc2cccc(C=O)c2)C[C@H]2C[C@@H]1C2(C)C.O=Cc1cccc2c1OCO2.[B].[H-].[H-].[Na+].[Na+]. The largest absolute Gasteiger partial charge is 1.00 e. The summed E-state index contributed by atoms with van der Waals surface area (Å²) in [5.41, 5.74) is 11.7. The van der Waals surface area contributed by atoms with E-state index in [9.17, 15) is 39.6 Å². The Morgan fingerprint density at radius 1 is 0.636 bits per heavy atom. The number of carbonyl (C=O) groups is 4. The van der Waals surface area contributed by atoms with E-state index in [0.717, 1.165) is 103 Å². The van der Waals surface area contributed by atoms with Crippen LogP contribution in [0, 0.1) is 81.2 Å². The van der Waals surface area contributed by atoms with E-state index < -0.39 is 48.3 Å². The molecule has 2 amide bonds. The number of fused-ring (bicyclic) bond motifs is 6. The number of amides is 2. The van der Waals surface area contributed by atoms with Gasteiger partial charge in [0, 0.05) is 75.2 Å². The molecule has 0 spiro atoms. The molecule has 9 N–H and O–H groups in total. The molecule has 22 nitrogen and oxygen atoms in total. The number of aldehydes is 2. The van der Waals surface area contributed by atoms with Crippen LogP contribution in [0.1, 0.15) is 188 Å². The van der Waals surface area contributed by atoms with Gasteiger partial charge in [0.05, 0.1) is 44.1 Å². The van der Waals surface area contributed by atoms with Crippen molar-refractivity contribution in [1.29, 1.82) is 5.31 Å². The number of hydrogen-bond donors (Lipinski definition) is 8. The molecular formula is C84H131B2N8Na2O14. The van der Waals surface area contributed by atoms with Gasteiger partial charge < -0.3 is 63.5 Å². The number of rotatable bonds is 27. The van der Waals surface area contributed by atoms with Crippen LogP contribution < -0.4 is 94.4 Å². The fraction of sp³-hybridized carbons (Fsp3) is 0.667. The summed E-state index contributed by atoms with van der Waals surface area (Å²) in [6.45, 7) is 35.2. The topological polar surface area (TPSA) is 291 Å². The zero-order chi connectivity index (χ0) is 78.4. The molecule has 2 saturated heterocycles. The average molecular weight is 1540 g/mol. The van der Waals surface area contributed by atoms with E-state index in [1.807, 2.05) is 18.2 Å². The number of nitrogens with one attached hydrogen (secondary N) is 3. The van der Waals surface area contributed by atoms with Crippen molar-refractivity contribution in [2.45, 2.75) is 236 Å². The van der Waals surface area contributed by atoms with Crippen molar-refractivity contribution in [3.05, 3.63) is 118 Å². The Labute approximate surface area is 706 Å². The van der Waals surface area contributed by atoms with Gasteiger partial charge in [-0.05, 0) is 178 Å². The number of carbonyl (C=O) groups excluding carboxylic acids is 4. The van der Waals surface area contributed by atoms with Crippen LogP contribution in [0.4, 0.5) is 0 Å². The molecule has 0 unspecified atom stereocenters. The Balaban J connectivity index is 0.000000451.